The molecule has 0 bridgehead atoms. The van der Waals surface area contributed by atoms with Gasteiger partial charge in [-0.3, -0.25) is 14.5 Å². The zero-order chi connectivity index (χ0) is 18.8. The van der Waals surface area contributed by atoms with Gasteiger partial charge >= 0.3 is 0 Å². The number of methoxy groups -OCH3 is 2. The summed E-state index contributed by atoms with van der Waals surface area (Å²) in [5.41, 5.74) is 6.06. The first-order valence-corrected chi connectivity index (χ1v) is 7.94. The summed E-state index contributed by atoms with van der Waals surface area (Å²) >= 11 is 0. The van der Waals surface area contributed by atoms with E-state index in [4.69, 9.17) is 19.9 Å². The van der Waals surface area contributed by atoms with Gasteiger partial charge in [0.25, 0.3) is 5.91 Å². The van der Waals surface area contributed by atoms with Crippen LogP contribution in [0.4, 0.5) is 11.6 Å². The van der Waals surface area contributed by atoms with E-state index in [0.717, 1.165) is 0 Å². The van der Waals surface area contributed by atoms with Crippen LogP contribution in [0.5, 0.6) is 17.2 Å². The van der Waals surface area contributed by atoms with Gasteiger partial charge in [-0.05, 0) is 31.2 Å². The summed E-state index contributed by atoms with van der Waals surface area (Å²) in [5.74, 6) is 1.13. The highest BCUT2D eigenvalue weighted by Gasteiger charge is 2.34. The molecule has 1 atom stereocenters. The van der Waals surface area contributed by atoms with Crippen molar-refractivity contribution in [2.75, 3.05) is 31.4 Å². The summed E-state index contributed by atoms with van der Waals surface area (Å²) in [6, 6.07) is 8.08. The van der Waals surface area contributed by atoms with Gasteiger partial charge in [0.05, 0.1) is 26.3 Å². The number of anilines is 2. The lowest BCUT2D eigenvalue weighted by Crippen LogP contribution is -2.47. The van der Waals surface area contributed by atoms with Crippen molar-refractivity contribution in [2.24, 2.45) is 0 Å². The van der Waals surface area contributed by atoms with E-state index in [2.05, 4.69) is 4.98 Å². The zero-order valence-corrected chi connectivity index (χ0v) is 14.7. The van der Waals surface area contributed by atoms with Crippen LogP contribution in [0, 0.1) is 0 Å². The molecule has 0 spiro atoms. The third-order valence-corrected chi connectivity index (χ3v) is 4.04. The number of pyridine rings is 1. The highest BCUT2D eigenvalue weighted by Crippen LogP contribution is 2.33. The number of nitrogens with two attached hydrogens (primary N) is 1. The second kappa shape index (κ2) is 6.91. The van der Waals surface area contributed by atoms with Crippen LogP contribution in [-0.2, 0) is 4.79 Å². The SMILES string of the molecule is COc1ccc(C(=O)CN2C(=O)C(C)Oc3ccc(N)nc32)c(OC)c1. The van der Waals surface area contributed by atoms with Gasteiger partial charge in [0.1, 0.15) is 17.3 Å². The van der Waals surface area contributed by atoms with Crippen molar-refractivity contribution in [3.8, 4) is 17.2 Å². The maximum atomic E-state index is 12.8. The lowest BCUT2D eigenvalue weighted by Gasteiger charge is -2.31. The molecule has 1 aliphatic heterocycles. The topological polar surface area (TPSA) is 104 Å². The summed E-state index contributed by atoms with van der Waals surface area (Å²) in [6.07, 6.45) is -0.724. The lowest BCUT2D eigenvalue weighted by molar-refractivity contribution is -0.125. The van der Waals surface area contributed by atoms with E-state index in [1.165, 1.54) is 19.1 Å². The molecule has 1 aromatic heterocycles. The van der Waals surface area contributed by atoms with E-state index >= 15 is 0 Å². The van der Waals surface area contributed by atoms with Crippen molar-refractivity contribution in [3.63, 3.8) is 0 Å². The van der Waals surface area contributed by atoms with Crippen LogP contribution in [-0.4, -0.2) is 43.5 Å². The summed E-state index contributed by atoms with van der Waals surface area (Å²) in [6.45, 7) is 1.41. The molecule has 0 aliphatic carbocycles. The Morgan fingerprint density at radius 2 is 2.04 bits per heavy atom. The number of nitrogen functional groups attached to an aromatic ring is 1. The van der Waals surface area contributed by atoms with E-state index in [-0.39, 0.29) is 29.9 Å². The van der Waals surface area contributed by atoms with Crippen molar-refractivity contribution in [2.45, 2.75) is 13.0 Å². The molecule has 8 nitrogen and oxygen atoms in total. The number of carbonyl (C=O) groups is 2. The van der Waals surface area contributed by atoms with E-state index in [9.17, 15) is 9.59 Å². The quantitative estimate of drug-likeness (QED) is 0.812. The molecule has 26 heavy (non-hydrogen) atoms. The monoisotopic (exact) mass is 357 g/mol. The van der Waals surface area contributed by atoms with Crippen LogP contribution in [0.1, 0.15) is 17.3 Å². The Kier molecular flexibility index (Phi) is 4.66. The molecule has 0 radical (unpaired) electrons. The Bertz CT molecular complexity index is 868. The fourth-order valence-corrected chi connectivity index (χ4v) is 2.71. The van der Waals surface area contributed by atoms with Crippen LogP contribution in [0.15, 0.2) is 30.3 Å². The number of amides is 1. The van der Waals surface area contributed by atoms with Gasteiger partial charge in [-0.25, -0.2) is 4.98 Å². The predicted molar refractivity (Wildman–Crippen MR) is 95.0 cm³/mol. The van der Waals surface area contributed by atoms with E-state index < -0.39 is 6.10 Å². The summed E-state index contributed by atoms with van der Waals surface area (Å²) < 4.78 is 15.9. The molecular formula is C18H19N3O5. The molecule has 2 aromatic rings. The molecule has 2 heterocycles. The average molecular weight is 357 g/mol. The van der Waals surface area contributed by atoms with Crippen molar-refractivity contribution < 1.29 is 23.8 Å². The van der Waals surface area contributed by atoms with E-state index in [1.807, 2.05) is 0 Å². The number of rotatable bonds is 5. The van der Waals surface area contributed by atoms with Crippen LogP contribution in [0.2, 0.25) is 0 Å². The number of fused-ring (bicyclic) bond motifs is 1. The lowest BCUT2D eigenvalue weighted by atomic mass is 10.1. The number of Topliss-reactive ketones (excluding diaryl/α,β-unsaturated/α-hetero) is 1. The molecule has 1 unspecified atom stereocenters. The minimum absolute atomic E-state index is 0.210. The van der Waals surface area contributed by atoms with Gasteiger partial charge in [-0.15, -0.1) is 0 Å². The molecule has 0 saturated heterocycles. The third-order valence-electron chi connectivity index (χ3n) is 4.04. The Hall–Kier alpha value is -3.29. The molecule has 3 rings (SSSR count). The maximum absolute atomic E-state index is 12.8. The molecule has 8 heteroatoms. The number of carbonyl (C=O) groups excluding carboxylic acids is 2. The largest absolute Gasteiger partial charge is 0.497 e. The highest BCUT2D eigenvalue weighted by atomic mass is 16.5. The van der Waals surface area contributed by atoms with Crippen LogP contribution in [0.25, 0.3) is 0 Å². The Balaban J connectivity index is 1.94. The standard InChI is InChI=1S/C18H19N3O5/c1-10-18(23)21(17-14(26-10)6-7-16(19)20-17)9-13(22)12-5-4-11(24-2)8-15(12)25-3/h4-8,10H,9H2,1-3H3,(H2,19,20). The molecule has 136 valence electrons. The van der Waals surface area contributed by atoms with Crippen molar-refractivity contribution in [1.82, 2.24) is 4.98 Å². The van der Waals surface area contributed by atoms with E-state index in [0.29, 0.717) is 22.8 Å². The third kappa shape index (κ3) is 3.13. The molecular weight excluding hydrogens is 338 g/mol. The number of ether oxygens (including phenoxy) is 3. The van der Waals surface area contributed by atoms with Gasteiger partial charge in [0.2, 0.25) is 0 Å². The normalized spacial score (nSPS) is 15.9. The van der Waals surface area contributed by atoms with Crippen molar-refractivity contribution in [3.05, 3.63) is 35.9 Å². The van der Waals surface area contributed by atoms with Crippen molar-refractivity contribution >= 4 is 23.3 Å². The van der Waals surface area contributed by atoms with Gasteiger partial charge in [-0.1, -0.05) is 0 Å². The molecule has 1 aliphatic rings. The fourth-order valence-electron chi connectivity index (χ4n) is 2.71. The Morgan fingerprint density at radius 3 is 2.73 bits per heavy atom. The second-order valence-electron chi connectivity index (χ2n) is 5.73. The van der Waals surface area contributed by atoms with Gasteiger partial charge in [0.15, 0.2) is 23.5 Å². The maximum Gasteiger partial charge on any atom is 0.269 e. The van der Waals surface area contributed by atoms with E-state index in [1.54, 1.807) is 37.3 Å². The van der Waals surface area contributed by atoms with Gasteiger partial charge < -0.3 is 19.9 Å². The first-order valence-electron chi connectivity index (χ1n) is 7.94. The first kappa shape index (κ1) is 17.5. The smallest absolute Gasteiger partial charge is 0.269 e. The molecule has 0 fully saturated rings. The zero-order valence-electron chi connectivity index (χ0n) is 14.7. The molecule has 1 aromatic carbocycles. The minimum Gasteiger partial charge on any atom is -0.497 e. The predicted octanol–water partition coefficient (Wildman–Crippen LogP) is 1.68. The summed E-state index contributed by atoms with van der Waals surface area (Å²) in [4.78, 5) is 30.8. The van der Waals surface area contributed by atoms with Crippen LogP contribution in [0.3, 0.4) is 0 Å². The Morgan fingerprint density at radius 1 is 1.27 bits per heavy atom. The summed E-state index contributed by atoms with van der Waals surface area (Å²) in [5, 5.41) is 0. The number of hydrogen-bond acceptors (Lipinski definition) is 7. The van der Waals surface area contributed by atoms with Crippen molar-refractivity contribution in [1.29, 1.82) is 0 Å². The summed E-state index contributed by atoms with van der Waals surface area (Å²) in [7, 11) is 2.99. The molecule has 2 N–H and O–H groups in total. The Labute approximate surface area is 150 Å². The second-order valence-corrected chi connectivity index (χ2v) is 5.73. The highest BCUT2D eigenvalue weighted by molar-refractivity contribution is 6.08. The van der Waals surface area contributed by atoms with Gasteiger partial charge in [0, 0.05) is 6.07 Å². The number of ketones is 1. The van der Waals surface area contributed by atoms with Crippen LogP contribution >= 0.6 is 0 Å². The molecule has 1 amide bonds. The number of benzene rings is 1. The number of hydrogen-bond donors (Lipinski definition) is 1. The fraction of sp³-hybridized carbons (Fsp3) is 0.278. The molecule has 0 saturated carbocycles. The van der Waals surface area contributed by atoms with Crippen LogP contribution < -0.4 is 24.8 Å². The average Bonchev–Trinajstić information content (AvgIpc) is 2.65. The number of nitrogens with zero attached hydrogens (tertiary/aromatic N) is 2. The minimum atomic E-state index is -0.724. The number of aromatic nitrogens is 1. The first-order chi connectivity index (χ1) is 12.4. The van der Waals surface area contributed by atoms with Gasteiger partial charge in [-0.2, -0.15) is 0 Å².